The summed E-state index contributed by atoms with van der Waals surface area (Å²) in [5.74, 6) is 5.60. The maximum Gasteiger partial charge on any atom is 0.257 e. The molecule has 2 aromatic rings. The molecule has 0 aliphatic heterocycles. The molecule has 19 heavy (non-hydrogen) atoms. The van der Waals surface area contributed by atoms with Gasteiger partial charge in [-0.2, -0.15) is 0 Å². The highest BCUT2D eigenvalue weighted by molar-refractivity contribution is 7.13. The van der Waals surface area contributed by atoms with Crippen LogP contribution in [-0.4, -0.2) is 17.4 Å². The van der Waals surface area contributed by atoms with E-state index in [-0.39, 0.29) is 5.91 Å². The van der Waals surface area contributed by atoms with Crippen LogP contribution in [0.1, 0.15) is 21.5 Å². The van der Waals surface area contributed by atoms with E-state index < -0.39 is 0 Å². The number of rotatable bonds is 2. The molecule has 0 spiro atoms. The summed E-state index contributed by atoms with van der Waals surface area (Å²) in [5.41, 5.74) is 7.76. The number of aryl methyl sites for hydroxylation is 1. The fraction of sp³-hybridized carbons (Fsp3) is 0.143. The van der Waals surface area contributed by atoms with Crippen LogP contribution in [0, 0.1) is 18.8 Å². The van der Waals surface area contributed by atoms with E-state index in [1.54, 1.807) is 12.3 Å². The molecule has 0 radical (unpaired) electrons. The van der Waals surface area contributed by atoms with Gasteiger partial charge in [0.2, 0.25) is 0 Å². The minimum atomic E-state index is -0.170. The molecular formula is C14H13N3OS. The number of carbonyl (C=O) groups excluding carboxylic acids is 1. The number of thiazole rings is 1. The van der Waals surface area contributed by atoms with Gasteiger partial charge in [0.15, 0.2) is 5.13 Å². The van der Waals surface area contributed by atoms with Crippen molar-refractivity contribution in [2.24, 2.45) is 5.73 Å². The predicted octanol–water partition coefficient (Wildman–Crippen LogP) is 2.01. The zero-order valence-corrected chi connectivity index (χ0v) is 11.3. The van der Waals surface area contributed by atoms with Gasteiger partial charge in [-0.3, -0.25) is 10.1 Å². The maximum absolute atomic E-state index is 12.0. The number of nitrogens with one attached hydrogen (secondary N) is 1. The smallest absolute Gasteiger partial charge is 0.257 e. The number of aromatic nitrogens is 1. The number of nitrogens with zero attached hydrogens (tertiary/aromatic N) is 1. The second-order valence-corrected chi connectivity index (χ2v) is 4.72. The van der Waals surface area contributed by atoms with E-state index in [4.69, 9.17) is 5.73 Å². The third-order valence-electron chi connectivity index (χ3n) is 2.47. The average molecular weight is 271 g/mol. The van der Waals surface area contributed by atoms with Gasteiger partial charge in [0.05, 0.1) is 6.54 Å². The molecule has 0 bridgehead atoms. The van der Waals surface area contributed by atoms with Crippen LogP contribution in [0.5, 0.6) is 0 Å². The number of hydrogen-bond acceptors (Lipinski definition) is 4. The Morgan fingerprint density at radius 1 is 1.53 bits per heavy atom. The van der Waals surface area contributed by atoms with Gasteiger partial charge in [-0.1, -0.05) is 11.8 Å². The normalized spacial score (nSPS) is 9.58. The summed E-state index contributed by atoms with van der Waals surface area (Å²) in [6.45, 7) is 2.24. The van der Waals surface area contributed by atoms with Crippen LogP contribution in [-0.2, 0) is 0 Å². The Kier molecular flexibility index (Phi) is 4.29. The van der Waals surface area contributed by atoms with Crippen LogP contribution in [0.2, 0.25) is 0 Å². The standard InChI is InChI=1S/C14H13N3OS/c1-10-9-12(5-4-11(10)3-2-6-15)13(18)17-14-16-7-8-19-14/h4-5,7-9H,6,15H2,1H3,(H,16,17,18). The van der Waals surface area contributed by atoms with Crippen molar-refractivity contribution in [1.82, 2.24) is 4.98 Å². The summed E-state index contributed by atoms with van der Waals surface area (Å²) in [6, 6.07) is 5.38. The molecule has 0 aliphatic rings. The second-order valence-electron chi connectivity index (χ2n) is 3.83. The van der Waals surface area contributed by atoms with Crippen molar-refractivity contribution in [2.45, 2.75) is 6.92 Å². The Labute approximate surface area is 115 Å². The van der Waals surface area contributed by atoms with Crippen LogP contribution >= 0.6 is 11.3 Å². The average Bonchev–Trinajstić information content (AvgIpc) is 2.90. The minimum absolute atomic E-state index is 0.170. The second kappa shape index (κ2) is 6.14. The van der Waals surface area contributed by atoms with Crippen molar-refractivity contribution in [1.29, 1.82) is 0 Å². The molecule has 1 heterocycles. The number of nitrogens with two attached hydrogens (primary N) is 1. The van der Waals surface area contributed by atoms with Gasteiger partial charge in [-0.05, 0) is 30.7 Å². The largest absolute Gasteiger partial charge is 0.320 e. The van der Waals surface area contributed by atoms with E-state index in [0.29, 0.717) is 17.2 Å². The highest BCUT2D eigenvalue weighted by Crippen LogP contribution is 2.14. The topological polar surface area (TPSA) is 68.0 Å². The van der Waals surface area contributed by atoms with Crippen LogP contribution in [0.25, 0.3) is 0 Å². The number of amides is 1. The quantitative estimate of drug-likeness (QED) is 0.821. The third-order valence-corrected chi connectivity index (χ3v) is 3.16. The van der Waals surface area contributed by atoms with Crippen molar-refractivity contribution < 1.29 is 4.79 Å². The van der Waals surface area contributed by atoms with E-state index in [0.717, 1.165) is 11.1 Å². The maximum atomic E-state index is 12.0. The van der Waals surface area contributed by atoms with Crippen molar-refractivity contribution >= 4 is 22.4 Å². The summed E-state index contributed by atoms with van der Waals surface area (Å²) >= 11 is 1.39. The first-order valence-electron chi connectivity index (χ1n) is 5.71. The van der Waals surface area contributed by atoms with Gasteiger partial charge in [-0.15, -0.1) is 11.3 Å². The molecule has 0 saturated carbocycles. The molecule has 0 saturated heterocycles. The first-order valence-corrected chi connectivity index (χ1v) is 6.59. The molecule has 1 aromatic carbocycles. The van der Waals surface area contributed by atoms with E-state index >= 15 is 0 Å². The van der Waals surface area contributed by atoms with Gasteiger partial charge < -0.3 is 5.73 Å². The van der Waals surface area contributed by atoms with Crippen molar-refractivity contribution in [3.8, 4) is 11.8 Å². The van der Waals surface area contributed by atoms with Crippen LogP contribution in [0.4, 0.5) is 5.13 Å². The molecule has 0 aliphatic carbocycles. The highest BCUT2D eigenvalue weighted by Gasteiger charge is 2.08. The molecule has 96 valence electrons. The number of anilines is 1. The lowest BCUT2D eigenvalue weighted by molar-refractivity contribution is 0.102. The fourth-order valence-electron chi connectivity index (χ4n) is 1.55. The predicted molar refractivity (Wildman–Crippen MR) is 77.2 cm³/mol. The number of benzene rings is 1. The lowest BCUT2D eigenvalue weighted by atomic mass is 10.1. The van der Waals surface area contributed by atoms with Crippen molar-refractivity contribution in [3.63, 3.8) is 0 Å². The van der Waals surface area contributed by atoms with Gasteiger partial charge in [0, 0.05) is 22.7 Å². The van der Waals surface area contributed by atoms with Gasteiger partial charge in [0.25, 0.3) is 5.91 Å². The molecule has 0 unspecified atom stereocenters. The van der Waals surface area contributed by atoms with E-state index in [1.807, 2.05) is 24.4 Å². The zero-order valence-electron chi connectivity index (χ0n) is 10.4. The summed E-state index contributed by atoms with van der Waals surface area (Å²) in [4.78, 5) is 16.0. The summed E-state index contributed by atoms with van der Waals surface area (Å²) in [6.07, 6.45) is 1.65. The molecule has 0 atom stereocenters. The Morgan fingerprint density at radius 3 is 3.00 bits per heavy atom. The van der Waals surface area contributed by atoms with E-state index in [2.05, 4.69) is 22.1 Å². The Morgan fingerprint density at radius 2 is 2.37 bits per heavy atom. The first-order chi connectivity index (χ1) is 9.20. The fourth-order valence-corrected chi connectivity index (χ4v) is 2.07. The summed E-state index contributed by atoms with van der Waals surface area (Å²) in [7, 11) is 0. The zero-order chi connectivity index (χ0) is 13.7. The van der Waals surface area contributed by atoms with Crippen molar-refractivity contribution in [2.75, 3.05) is 11.9 Å². The molecule has 3 N–H and O–H groups in total. The van der Waals surface area contributed by atoms with E-state index in [1.165, 1.54) is 11.3 Å². The molecule has 1 aromatic heterocycles. The Balaban J connectivity index is 2.17. The van der Waals surface area contributed by atoms with Gasteiger partial charge in [0.1, 0.15) is 0 Å². The summed E-state index contributed by atoms with van der Waals surface area (Å²) < 4.78 is 0. The molecular weight excluding hydrogens is 258 g/mol. The molecule has 1 amide bonds. The first kappa shape index (κ1) is 13.3. The third kappa shape index (κ3) is 3.41. The molecule has 5 heteroatoms. The monoisotopic (exact) mass is 271 g/mol. The van der Waals surface area contributed by atoms with E-state index in [9.17, 15) is 4.79 Å². The van der Waals surface area contributed by atoms with Gasteiger partial charge >= 0.3 is 0 Å². The SMILES string of the molecule is Cc1cc(C(=O)Nc2nccs2)ccc1C#CCN. The molecule has 2 rings (SSSR count). The lowest BCUT2D eigenvalue weighted by Gasteiger charge is -2.04. The minimum Gasteiger partial charge on any atom is -0.320 e. The van der Waals surface area contributed by atoms with Crippen LogP contribution < -0.4 is 11.1 Å². The molecule has 0 fully saturated rings. The van der Waals surface area contributed by atoms with Gasteiger partial charge in [-0.25, -0.2) is 4.98 Å². The Hall–Kier alpha value is -2.16. The van der Waals surface area contributed by atoms with Crippen LogP contribution in [0.3, 0.4) is 0 Å². The Bertz CT molecular complexity index is 638. The number of carbonyl (C=O) groups is 1. The van der Waals surface area contributed by atoms with Crippen molar-refractivity contribution in [3.05, 3.63) is 46.5 Å². The number of hydrogen-bond donors (Lipinski definition) is 2. The molecule has 4 nitrogen and oxygen atoms in total. The summed E-state index contributed by atoms with van der Waals surface area (Å²) in [5, 5.41) is 5.14. The van der Waals surface area contributed by atoms with Crippen LogP contribution in [0.15, 0.2) is 29.8 Å². The highest BCUT2D eigenvalue weighted by atomic mass is 32.1. The lowest BCUT2D eigenvalue weighted by Crippen LogP contribution is -2.11.